The van der Waals surface area contributed by atoms with E-state index >= 15 is 0 Å². The van der Waals surface area contributed by atoms with E-state index in [1.54, 1.807) is 14.0 Å². The molecule has 2 atom stereocenters. The summed E-state index contributed by atoms with van der Waals surface area (Å²) in [5.41, 5.74) is 4.85. The van der Waals surface area contributed by atoms with Crippen molar-refractivity contribution in [1.29, 1.82) is 0 Å². The first-order valence-electron chi connectivity index (χ1n) is 5.52. The molecular formula is C11H22N2O2S. The average Bonchev–Trinajstić information content (AvgIpc) is 2.26. The van der Waals surface area contributed by atoms with E-state index in [9.17, 15) is 4.79 Å². The van der Waals surface area contributed by atoms with E-state index in [0.29, 0.717) is 13.0 Å². The molecule has 0 aliphatic heterocycles. The van der Waals surface area contributed by atoms with Crippen molar-refractivity contribution in [2.45, 2.75) is 39.7 Å². The molecule has 94 valence electrons. The molecule has 4 nitrogen and oxygen atoms in total. The highest BCUT2D eigenvalue weighted by molar-refractivity contribution is 7.80. The number of rotatable bonds is 7. The number of carbonyl (C=O) groups is 1. The van der Waals surface area contributed by atoms with Crippen LogP contribution < -0.4 is 11.1 Å². The van der Waals surface area contributed by atoms with Crippen molar-refractivity contribution in [1.82, 2.24) is 5.32 Å². The number of carbonyl (C=O) groups excluding carboxylic acids is 1. The van der Waals surface area contributed by atoms with Crippen LogP contribution in [0.1, 0.15) is 33.6 Å². The van der Waals surface area contributed by atoms with E-state index in [1.165, 1.54) is 0 Å². The van der Waals surface area contributed by atoms with Gasteiger partial charge in [0.2, 0.25) is 5.91 Å². The molecule has 0 spiro atoms. The van der Waals surface area contributed by atoms with Crippen LogP contribution in [-0.4, -0.2) is 30.7 Å². The number of nitrogens with one attached hydrogen (secondary N) is 1. The molecule has 1 amide bonds. The highest BCUT2D eigenvalue weighted by Gasteiger charge is 2.35. The van der Waals surface area contributed by atoms with Crippen LogP contribution in [-0.2, 0) is 9.53 Å². The van der Waals surface area contributed by atoms with Gasteiger partial charge in [-0.3, -0.25) is 4.79 Å². The number of methoxy groups -OCH3 is 1. The fourth-order valence-electron chi connectivity index (χ4n) is 1.25. The summed E-state index contributed by atoms with van der Waals surface area (Å²) in [6, 6.07) is 0.0118. The Kier molecular flexibility index (Phi) is 6.52. The van der Waals surface area contributed by atoms with Gasteiger partial charge in [0, 0.05) is 7.11 Å². The van der Waals surface area contributed by atoms with E-state index in [2.05, 4.69) is 5.32 Å². The van der Waals surface area contributed by atoms with Gasteiger partial charge in [-0.2, -0.15) is 0 Å². The lowest BCUT2D eigenvalue weighted by atomic mass is 9.86. The molecule has 16 heavy (non-hydrogen) atoms. The van der Waals surface area contributed by atoms with Gasteiger partial charge in [-0.05, 0) is 19.8 Å². The number of amides is 1. The SMILES string of the molecule is CCC(COC)NC(=O)C(C)(CC)C(N)=S. The second-order valence-electron chi connectivity index (χ2n) is 4.08. The normalized spacial score (nSPS) is 16.2. The molecule has 0 aromatic rings. The first kappa shape index (κ1) is 15.3. The Hall–Kier alpha value is -0.680. The van der Waals surface area contributed by atoms with Crippen molar-refractivity contribution in [3.8, 4) is 0 Å². The number of ether oxygens (including phenoxy) is 1. The van der Waals surface area contributed by atoms with Crippen molar-refractivity contribution in [3.05, 3.63) is 0 Å². The third kappa shape index (κ3) is 3.72. The second kappa shape index (κ2) is 6.81. The molecule has 0 heterocycles. The summed E-state index contributed by atoms with van der Waals surface area (Å²) in [6.45, 7) is 6.16. The smallest absolute Gasteiger partial charge is 0.233 e. The van der Waals surface area contributed by atoms with Gasteiger partial charge in [-0.15, -0.1) is 0 Å². The lowest BCUT2D eigenvalue weighted by molar-refractivity contribution is -0.128. The topological polar surface area (TPSA) is 64.3 Å². The van der Waals surface area contributed by atoms with Crippen LogP contribution in [0, 0.1) is 5.41 Å². The Morgan fingerprint density at radius 3 is 2.44 bits per heavy atom. The summed E-state index contributed by atoms with van der Waals surface area (Å²) in [7, 11) is 1.61. The number of hydrogen-bond donors (Lipinski definition) is 2. The largest absolute Gasteiger partial charge is 0.392 e. The summed E-state index contributed by atoms with van der Waals surface area (Å²) >= 11 is 4.95. The maximum atomic E-state index is 12.0. The van der Waals surface area contributed by atoms with Crippen molar-refractivity contribution < 1.29 is 9.53 Å². The quantitative estimate of drug-likeness (QED) is 0.663. The molecular weight excluding hydrogens is 224 g/mol. The van der Waals surface area contributed by atoms with Crippen LogP contribution in [0.2, 0.25) is 0 Å². The van der Waals surface area contributed by atoms with Gasteiger partial charge in [0.15, 0.2) is 0 Å². The van der Waals surface area contributed by atoms with Crippen molar-refractivity contribution in [2.75, 3.05) is 13.7 Å². The maximum Gasteiger partial charge on any atom is 0.233 e. The summed E-state index contributed by atoms with van der Waals surface area (Å²) in [6.07, 6.45) is 1.41. The predicted octanol–water partition coefficient (Wildman–Crippen LogP) is 1.23. The highest BCUT2D eigenvalue weighted by atomic mass is 32.1. The van der Waals surface area contributed by atoms with Gasteiger partial charge in [0.25, 0.3) is 0 Å². The first-order valence-corrected chi connectivity index (χ1v) is 5.93. The van der Waals surface area contributed by atoms with E-state index in [-0.39, 0.29) is 16.9 Å². The third-order valence-corrected chi connectivity index (χ3v) is 3.40. The number of thiocarbonyl (C=S) groups is 1. The van der Waals surface area contributed by atoms with Crippen LogP contribution in [0.15, 0.2) is 0 Å². The van der Waals surface area contributed by atoms with Crippen molar-refractivity contribution in [2.24, 2.45) is 11.1 Å². The molecule has 3 N–H and O–H groups in total. The lowest BCUT2D eigenvalue weighted by Crippen LogP contribution is -2.50. The predicted molar refractivity (Wildman–Crippen MR) is 69.3 cm³/mol. The molecule has 0 aliphatic carbocycles. The highest BCUT2D eigenvalue weighted by Crippen LogP contribution is 2.22. The van der Waals surface area contributed by atoms with Gasteiger partial charge >= 0.3 is 0 Å². The van der Waals surface area contributed by atoms with Crippen LogP contribution >= 0.6 is 12.2 Å². The van der Waals surface area contributed by atoms with Gasteiger partial charge in [-0.25, -0.2) is 0 Å². The fourth-order valence-corrected chi connectivity index (χ4v) is 1.49. The molecule has 5 heteroatoms. The molecule has 0 rings (SSSR count). The third-order valence-electron chi connectivity index (χ3n) is 2.95. The van der Waals surface area contributed by atoms with E-state index in [1.807, 2.05) is 13.8 Å². The van der Waals surface area contributed by atoms with Gasteiger partial charge in [0.05, 0.1) is 23.1 Å². The van der Waals surface area contributed by atoms with E-state index in [4.69, 9.17) is 22.7 Å². The summed E-state index contributed by atoms with van der Waals surface area (Å²) in [5.74, 6) is -0.119. The first-order chi connectivity index (χ1) is 7.42. The monoisotopic (exact) mass is 246 g/mol. The minimum atomic E-state index is -0.767. The Bertz CT molecular complexity index is 258. The summed E-state index contributed by atoms with van der Waals surface area (Å²) < 4.78 is 5.02. The van der Waals surface area contributed by atoms with Gasteiger partial charge < -0.3 is 15.8 Å². The summed E-state index contributed by atoms with van der Waals surface area (Å²) in [4.78, 5) is 12.3. The zero-order chi connectivity index (χ0) is 12.8. The lowest BCUT2D eigenvalue weighted by Gasteiger charge is -2.28. The average molecular weight is 246 g/mol. The molecule has 0 bridgehead atoms. The maximum absolute atomic E-state index is 12.0. The minimum absolute atomic E-state index is 0.0118. The number of nitrogens with two attached hydrogens (primary N) is 1. The zero-order valence-electron chi connectivity index (χ0n) is 10.5. The summed E-state index contributed by atoms with van der Waals surface area (Å²) in [5, 5.41) is 2.91. The van der Waals surface area contributed by atoms with Crippen LogP contribution in [0.4, 0.5) is 0 Å². The van der Waals surface area contributed by atoms with Gasteiger partial charge in [-0.1, -0.05) is 26.1 Å². The standard InChI is InChI=1S/C11H22N2O2S/c1-5-8(7-15-4)13-10(14)11(3,6-2)9(12)16/h8H,5-7H2,1-4H3,(H2,12,16)(H,13,14). The molecule has 0 aromatic carbocycles. The van der Waals surface area contributed by atoms with E-state index in [0.717, 1.165) is 6.42 Å². The minimum Gasteiger partial charge on any atom is -0.392 e. The molecule has 0 saturated carbocycles. The van der Waals surface area contributed by atoms with Crippen LogP contribution in [0.3, 0.4) is 0 Å². The Morgan fingerprint density at radius 1 is 1.56 bits per heavy atom. The van der Waals surface area contributed by atoms with Crippen molar-refractivity contribution in [3.63, 3.8) is 0 Å². The van der Waals surface area contributed by atoms with E-state index < -0.39 is 5.41 Å². The second-order valence-corrected chi connectivity index (χ2v) is 4.52. The van der Waals surface area contributed by atoms with Crippen molar-refractivity contribution >= 4 is 23.1 Å². The molecule has 0 fully saturated rings. The number of hydrogen-bond acceptors (Lipinski definition) is 3. The Balaban J connectivity index is 4.59. The Labute approximate surface area is 103 Å². The van der Waals surface area contributed by atoms with Crippen LogP contribution in [0.5, 0.6) is 0 Å². The Morgan fingerprint density at radius 2 is 2.12 bits per heavy atom. The van der Waals surface area contributed by atoms with Gasteiger partial charge in [0.1, 0.15) is 0 Å². The fraction of sp³-hybridized carbons (Fsp3) is 0.818. The zero-order valence-corrected chi connectivity index (χ0v) is 11.3. The van der Waals surface area contributed by atoms with Crippen LogP contribution in [0.25, 0.3) is 0 Å². The molecule has 2 unspecified atom stereocenters. The molecule has 0 aliphatic rings. The molecule has 0 radical (unpaired) electrons. The molecule has 0 saturated heterocycles. The molecule has 0 aromatic heterocycles.